The lowest BCUT2D eigenvalue weighted by atomic mass is 10.1. The number of benzene rings is 1. The summed E-state index contributed by atoms with van der Waals surface area (Å²) in [5.41, 5.74) is 8.18. The molecule has 0 radical (unpaired) electrons. The fourth-order valence-electron chi connectivity index (χ4n) is 2.38. The molecule has 0 aliphatic carbocycles. The van der Waals surface area contributed by atoms with E-state index in [0.717, 1.165) is 30.0 Å². The Balaban J connectivity index is 1.66. The molecule has 21 heavy (non-hydrogen) atoms. The van der Waals surface area contributed by atoms with Gasteiger partial charge in [-0.1, -0.05) is 18.2 Å². The molecule has 5 heteroatoms. The number of primary amides is 1. The van der Waals surface area contributed by atoms with Gasteiger partial charge in [0.05, 0.1) is 12.1 Å². The Bertz CT molecular complexity index is 670. The van der Waals surface area contributed by atoms with Gasteiger partial charge in [0.25, 0.3) is 0 Å². The lowest BCUT2D eigenvalue weighted by molar-refractivity contribution is -0.117. The fourth-order valence-corrected chi connectivity index (χ4v) is 2.38. The van der Waals surface area contributed by atoms with Gasteiger partial charge in [-0.3, -0.25) is 4.79 Å². The Morgan fingerprint density at radius 1 is 1.33 bits per heavy atom. The standard InChI is InChI=1S/C16H17N3O2/c17-15(20)9-11-2-1-3-14(8-11)21-10-13-5-4-12-6-7-18-16(12)19-13/h1-5,8H,6-7,9-10H2,(H2,17,20)(H,18,19). The lowest BCUT2D eigenvalue weighted by Crippen LogP contribution is -2.13. The number of anilines is 1. The molecule has 0 unspecified atom stereocenters. The van der Waals surface area contributed by atoms with Crippen LogP contribution >= 0.6 is 0 Å². The summed E-state index contributed by atoms with van der Waals surface area (Å²) in [6.07, 6.45) is 1.25. The average Bonchev–Trinajstić information content (AvgIpc) is 2.92. The first-order valence-electron chi connectivity index (χ1n) is 6.93. The van der Waals surface area contributed by atoms with Crippen molar-refractivity contribution in [3.8, 4) is 5.75 Å². The molecule has 3 rings (SSSR count). The van der Waals surface area contributed by atoms with Crippen molar-refractivity contribution in [1.29, 1.82) is 0 Å². The monoisotopic (exact) mass is 283 g/mol. The van der Waals surface area contributed by atoms with Gasteiger partial charge < -0.3 is 15.8 Å². The molecule has 1 aliphatic heterocycles. The second kappa shape index (κ2) is 5.83. The van der Waals surface area contributed by atoms with Crippen molar-refractivity contribution in [2.45, 2.75) is 19.4 Å². The molecule has 1 aromatic carbocycles. The Labute approximate surface area is 123 Å². The van der Waals surface area contributed by atoms with E-state index in [1.165, 1.54) is 5.56 Å². The van der Waals surface area contributed by atoms with Gasteiger partial charge in [0.1, 0.15) is 18.2 Å². The maximum atomic E-state index is 10.9. The van der Waals surface area contributed by atoms with E-state index in [2.05, 4.69) is 16.4 Å². The van der Waals surface area contributed by atoms with Crippen LogP contribution in [0.2, 0.25) is 0 Å². The summed E-state index contributed by atoms with van der Waals surface area (Å²) in [4.78, 5) is 15.5. The van der Waals surface area contributed by atoms with Crippen LogP contribution in [0.4, 0.5) is 5.82 Å². The Morgan fingerprint density at radius 3 is 3.10 bits per heavy atom. The molecule has 0 fully saturated rings. The van der Waals surface area contributed by atoms with Gasteiger partial charge in [0.2, 0.25) is 5.91 Å². The first-order valence-corrected chi connectivity index (χ1v) is 6.93. The zero-order chi connectivity index (χ0) is 14.7. The number of hydrogen-bond acceptors (Lipinski definition) is 4. The normalized spacial score (nSPS) is 12.6. The number of aromatic nitrogens is 1. The van der Waals surface area contributed by atoms with E-state index in [1.807, 2.05) is 30.3 Å². The van der Waals surface area contributed by atoms with Gasteiger partial charge in [-0.2, -0.15) is 0 Å². The topological polar surface area (TPSA) is 77.2 Å². The van der Waals surface area contributed by atoms with Gasteiger partial charge in [-0.05, 0) is 35.7 Å². The van der Waals surface area contributed by atoms with E-state index < -0.39 is 0 Å². The van der Waals surface area contributed by atoms with Gasteiger partial charge in [-0.15, -0.1) is 0 Å². The molecule has 2 heterocycles. The first-order chi connectivity index (χ1) is 10.2. The van der Waals surface area contributed by atoms with Crippen LogP contribution in [0.3, 0.4) is 0 Å². The number of nitrogens with zero attached hydrogens (tertiary/aromatic N) is 1. The van der Waals surface area contributed by atoms with Crippen molar-refractivity contribution in [3.63, 3.8) is 0 Å². The van der Waals surface area contributed by atoms with Crippen LogP contribution in [-0.4, -0.2) is 17.4 Å². The Morgan fingerprint density at radius 2 is 2.24 bits per heavy atom. The zero-order valence-corrected chi connectivity index (χ0v) is 11.6. The number of hydrogen-bond donors (Lipinski definition) is 2. The third-order valence-electron chi connectivity index (χ3n) is 3.39. The number of nitrogens with one attached hydrogen (secondary N) is 1. The van der Waals surface area contributed by atoms with Crippen molar-refractivity contribution in [2.24, 2.45) is 5.73 Å². The van der Waals surface area contributed by atoms with Crippen molar-refractivity contribution in [2.75, 3.05) is 11.9 Å². The summed E-state index contributed by atoms with van der Waals surface area (Å²) < 4.78 is 5.73. The number of pyridine rings is 1. The predicted octanol–water partition coefficient (Wildman–Crippen LogP) is 1.66. The fraction of sp³-hybridized carbons (Fsp3) is 0.250. The number of carbonyl (C=O) groups excluding carboxylic acids is 1. The minimum absolute atomic E-state index is 0.220. The summed E-state index contributed by atoms with van der Waals surface area (Å²) in [6.45, 7) is 1.34. The van der Waals surface area contributed by atoms with E-state index >= 15 is 0 Å². The van der Waals surface area contributed by atoms with Crippen molar-refractivity contribution in [1.82, 2.24) is 4.98 Å². The minimum Gasteiger partial charge on any atom is -0.487 e. The van der Waals surface area contributed by atoms with Crippen molar-refractivity contribution >= 4 is 11.7 Å². The average molecular weight is 283 g/mol. The molecule has 1 amide bonds. The van der Waals surface area contributed by atoms with Crippen molar-refractivity contribution < 1.29 is 9.53 Å². The lowest BCUT2D eigenvalue weighted by Gasteiger charge is -2.08. The molecule has 0 spiro atoms. The van der Waals surface area contributed by atoms with Gasteiger partial charge in [-0.25, -0.2) is 4.98 Å². The Kier molecular flexibility index (Phi) is 3.73. The van der Waals surface area contributed by atoms with Gasteiger partial charge in [0.15, 0.2) is 0 Å². The summed E-state index contributed by atoms with van der Waals surface area (Å²) in [7, 11) is 0. The largest absolute Gasteiger partial charge is 0.487 e. The summed E-state index contributed by atoms with van der Waals surface area (Å²) in [5, 5.41) is 3.25. The molecular weight excluding hydrogens is 266 g/mol. The van der Waals surface area contributed by atoms with Crippen molar-refractivity contribution in [3.05, 3.63) is 53.2 Å². The molecule has 5 nitrogen and oxygen atoms in total. The zero-order valence-electron chi connectivity index (χ0n) is 11.6. The molecule has 0 atom stereocenters. The van der Waals surface area contributed by atoms with Crippen LogP contribution in [0.1, 0.15) is 16.8 Å². The van der Waals surface area contributed by atoms with Crippen LogP contribution in [-0.2, 0) is 24.2 Å². The van der Waals surface area contributed by atoms with E-state index in [4.69, 9.17) is 10.5 Å². The Hall–Kier alpha value is -2.56. The molecule has 1 aromatic heterocycles. The van der Waals surface area contributed by atoms with Gasteiger partial charge >= 0.3 is 0 Å². The molecule has 0 saturated heterocycles. The van der Waals surface area contributed by atoms with Crippen LogP contribution in [0.5, 0.6) is 5.75 Å². The molecule has 0 bridgehead atoms. The maximum Gasteiger partial charge on any atom is 0.221 e. The third-order valence-corrected chi connectivity index (χ3v) is 3.39. The third kappa shape index (κ3) is 3.31. The number of fused-ring (bicyclic) bond motifs is 1. The molecule has 3 N–H and O–H groups in total. The summed E-state index contributed by atoms with van der Waals surface area (Å²) in [6, 6.07) is 11.5. The molecule has 1 aliphatic rings. The van der Waals surface area contributed by atoms with Gasteiger partial charge in [0, 0.05) is 6.54 Å². The van der Waals surface area contributed by atoms with Crippen LogP contribution < -0.4 is 15.8 Å². The SMILES string of the molecule is NC(=O)Cc1cccc(OCc2ccc3c(n2)NCC3)c1. The molecule has 0 saturated carbocycles. The highest BCUT2D eigenvalue weighted by Gasteiger charge is 2.11. The first kappa shape index (κ1) is 13.4. The smallest absolute Gasteiger partial charge is 0.221 e. The summed E-state index contributed by atoms with van der Waals surface area (Å²) >= 11 is 0. The minimum atomic E-state index is -0.349. The van der Waals surface area contributed by atoms with E-state index in [1.54, 1.807) is 0 Å². The van der Waals surface area contributed by atoms with Crippen LogP contribution in [0.25, 0.3) is 0 Å². The number of rotatable bonds is 5. The molecule has 2 aromatic rings. The number of carbonyl (C=O) groups is 1. The second-order valence-corrected chi connectivity index (χ2v) is 5.07. The summed E-state index contributed by atoms with van der Waals surface area (Å²) in [5.74, 6) is 1.32. The number of nitrogens with two attached hydrogens (primary N) is 1. The number of amides is 1. The van der Waals surface area contributed by atoms with E-state index in [-0.39, 0.29) is 12.3 Å². The predicted molar refractivity (Wildman–Crippen MR) is 80.1 cm³/mol. The van der Waals surface area contributed by atoms with Crippen LogP contribution in [0, 0.1) is 0 Å². The highest BCUT2D eigenvalue weighted by Crippen LogP contribution is 2.21. The molecular formula is C16H17N3O2. The quantitative estimate of drug-likeness (QED) is 0.875. The highest BCUT2D eigenvalue weighted by atomic mass is 16.5. The molecule has 108 valence electrons. The number of ether oxygens (including phenoxy) is 1. The van der Waals surface area contributed by atoms with E-state index in [9.17, 15) is 4.79 Å². The van der Waals surface area contributed by atoms with E-state index in [0.29, 0.717) is 12.4 Å². The maximum absolute atomic E-state index is 10.9. The highest BCUT2D eigenvalue weighted by molar-refractivity contribution is 5.76. The van der Waals surface area contributed by atoms with Crippen LogP contribution in [0.15, 0.2) is 36.4 Å². The second-order valence-electron chi connectivity index (χ2n) is 5.07.